The van der Waals surface area contributed by atoms with E-state index in [4.69, 9.17) is 0 Å². The molecular weight excluding hydrogens is 224 g/mol. The molecule has 18 heavy (non-hydrogen) atoms. The Morgan fingerprint density at radius 2 is 1.50 bits per heavy atom. The van der Waals surface area contributed by atoms with E-state index in [0.29, 0.717) is 6.04 Å². The van der Waals surface area contributed by atoms with Gasteiger partial charge in [-0.05, 0) is 40.5 Å². The van der Waals surface area contributed by atoms with E-state index in [9.17, 15) is 5.21 Å². The lowest BCUT2D eigenvalue weighted by molar-refractivity contribution is -0.251. The van der Waals surface area contributed by atoms with Crippen LogP contribution in [0.3, 0.4) is 0 Å². The monoisotopic (exact) mass is 252 g/mol. The first kappa shape index (κ1) is 15.4. The van der Waals surface area contributed by atoms with Gasteiger partial charge in [-0.2, -0.15) is 5.06 Å². The van der Waals surface area contributed by atoms with Crippen LogP contribution in [0.15, 0.2) is 25.3 Å². The summed E-state index contributed by atoms with van der Waals surface area (Å²) in [7, 11) is 0. The first-order chi connectivity index (χ1) is 8.24. The highest BCUT2D eigenvalue weighted by Crippen LogP contribution is 2.38. The van der Waals surface area contributed by atoms with Crippen LogP contribution in [0.25, 0.3) is 0 Å². The molecule has 1 rings (SSSR count). The smallest absolute Gasteiger partial charge is 0.0425 e. The summed E-state index contributed by atoms with van der Waals surface area (Å²) in [5.41, 5.74) is -0.403. The van der Waals surface area contributed by atoms with Crippen molar-refractivity contribution in [3.63, 3.8) is 0 Å². The van der Waals surface area contributed by atoms with Crippen molar-refractivity contribution in [1.82, 2.24) is 9.96 Å². The number of piperidine rings is 1. The predicted molar refractivity (Wildman–Crippen MR) is 76.8 cm³/mol. The van der Waals surface area contributed by atoms with Crippen molar-refractivity contribution in [2.24, 2.45) is 0 Å². The summed E-state index contributed by atoms with van der Waals surface area (Å²) in [6.07, 6.45) is 5.78. The largest absolute Gasteiger partial charge is 0.313 e. The molecule has 3 nitrogen and oxygen atoms in total. The normalized spacial score (nSPS) is 24.1. The van der Waals surface area contributed by atoms with Crippen molar-refractivity contribution in [2.75, 3.05) is 13.1 Å². The second kappa shape index (κ2) is 5.55. The molecule has 0 aromatic heterocycles. The van der Waals surface area contributed by atoms with Crippen molar-refractivity contribution in [1.29, 1.82) is 0 Å². The molecule has 0 bridgehead atoms. The SMILES string of the molecule is C=CCN(CC=C)C1CC(C)(C)N(O)C(C)(C)C1. The van der Waals surface area contributed by atoms with Crippen LogP contribution in [-0.2, 0) is 0 Å². The van der Waals surface area contributed by atoms with E-state index in [1.54, 1.807) is 0 Å². The fourth-order valence-corrected chi connectivity index (χ4v) is 3.18. The number of hydrogen-bond donors (Lipinski definition) is 1. The third-order valence-corrected chi connectivity index (χ3v) is 3.86. The van der Waals surface area contributed by atoms with Crippen LogP contribution >= 0.6 is 0 Å². The van der Waals surface area contributed by atoms with Crippen LogP contribution in [0.4, 0.5) is 0 Å². The Morgan fingerprint density at radius 3 is 1.83 bits per heavy atom. The summed E-state index contributed by atoms with van der Waals surface area (Å²) in [5, 5.41) is 11.8. The maximum atomic E-state index is 10.3. The molecule has 0 radical (unpaired) electrons. The van der Waals surface area contributed by atoms with Gasteiger partial charge in [-0.3, -0.25) is 4.90 Å². The highest BCUT2D eigenvalue weighted by Gasteiger charge is 2.46. The van der Waals surface area contributed by atoms with E-state index >= 15 is 0 Å². The summed E-state index contributed by atoms with van der Waals surface area (Å²) < 4.78 is 0. The zero-order valence-corrected chi connectivity index (χ0v) is 12.3. The van der Waals surface area contributed by atoms with Gasteiger partial charge in [-0.15, -0.1) is 13.2 Å². The molecule has 104 valence electrons. The van der Waals surface area contributed by atoms with Crippen molar-refractivity contribution in [2.45, 2.75) is 57.7 Å². The molecule has 0 aliphatic carbocycles. The number of hydrogen-bond acceptors (Lipinski definition) is 3. The minimum Gasteiger partial charge on any atom is -0.313 e. The van der Waals surface area contributed by atoms with Crippen LogP contribution < -0.4 is 0 Å². The van der Waals surface area contributed by atoms with E-state index < -0.39 is 0 Å². The molecule has 1 N–H and O–H groups in total. The van der Waals surface area contributed by atoms with E-state index in [0.717, 1.165) is 25.9 Å². The van der Waals surface area contributed by atoms with Crippen molar-refractivity contribution < 1.29 is 5.21 Å². The highest BCUT2D eigenvalue weighted by atomic mass is 16.5. The maximum absolute atomic E-state index is 10.3. The van der Waals surface area contributed by atoms with Gasteiger partial charge < -0.3 is 5.21 Å². The van der Waals surface area contributed by atoms with E-state index in [1.165, 1.54) is 5.06 Å². The van der Waals surface area contributed by atoms with Crippen molar-refractivity contribution in [3.05, 3.63) is 25.3 Å². The molecular formula is C15H28N2O. The highest BCUT2D eigenvalue weighted by molar-refractivity contribution is 5.00. The first-order valence-electron chi connectivity index (χ1n) is 6.69. The first-order valence-corrected chi connectivity index (χ1v) is 6.69. The van der Waals surface area contributed by atoms with Gasteiger partial charge in [0, 0.05) is 30.2 Å². The molecule has 1 heterocycles. The lowest BCUT2D eigenvalue weighted by Crippen LogP contribution is -2.63. The van der Waals surface area contributed by atoms with Gasteiger partial charge in [-0.1, -0.05) is 12.2 Å². The van der Waals surface area contributed by atoms with Crippen molar-refractivity contribution >= 4 is 0 Å². The molecule has 1 aliphatic rings. The minimum atomic E-state index is -0.201. The summed E-state index contributed by atoms with van der Waals surface area (Å²) >= 11 is 0. The van der Waals surface area contributed by atoms with Gasteiger partial charge in [0.05, 0.1) is 0 Å². The molecule has 3 heteroatoms. The summed E-state index contributed by atoms with van der Waals surface area (Å²) in [4.78, 5) is 2.39. The topological polar surface area (TPSA) is 26.7 Å². The lowest BCUT2D eigenvalue weighted by Gasteiger charge is -2.53. The van der Waals surface area contributed by atoms with Crippen LogP contribution in [-0.4, -0.2) is 45.4 Å². The number of hydroxylamine groups is 2. The Hall–Kier alpha value is -0.640. The lowest BCUT2D eigenvalue weighted by atomic mass is 9.78. The number of nitrogens with zero attached hydrogens (tertiary/aromatic N) is 2. The Balaban J connectivity index is 2.89. The Kier molecular flexibility index (Phi) is 4.76. The molecule has 1 fully saturated rings. The van der Waals surface area contributed by atoms with Crippen LogP contribution in [0, 0.1) is 0 Å². The average molecular weight is 252 g/mol. The zero-order valence-electron chi connectivity index (χ0n) is 12.3. The van der Waals surface area contributed by atoms with Gasteiger partial charge in [0.2, 0.25) is 0 Å². The maximum Gasteiger partial charge on any atom is 0.0425 e. The Bertz CT molecular complexity index is 282. The molecule has 0 aromatic rings. The molecule has 1 aliphatic heterocycles. The standard InChI is InChI=1S/C15H28N2O/c1-7-9-16(10-8-2)13-11-14(3,4)17(18)15(5,6)12-13/h7-8,13,18H,1-2,9-12H2,3-6H3. The van der Waals surface area contributed by atoms with Crippen LogP contribution in [0.5, 0.6) is 0 Å². The molecule has 0 unspecified atom stereocenters. The van der Waals surface area contributed by atoms with E-state index in [1.807, 2.05) is 12.2 Å². The third-order valence-electron chi connectivity index (χ3n) is 3.86. The Morgan fingerprint density at radius 1 is 1.11 bits per heavy atom. The molecule has 0 saturated carbocycles. The van der Waals surface area contributed by atoms with E-state index in [2.05, 4.69) is 45.8 Å². The Labute approximate surface area is 112 Å². The van der Waals surface area contributed by atoms with Gasteiger partial charge in [0.25, 0.3) is 0 Å². The average Bonchev–Trinajstić information content (AvgIpc) is 2.24. The van der Waals surface area contributed by atoms with Crippen LogP contribution in [0.2, 0.25) is 0 Å². The molecule has 1 saturated heterocycles. The second-order valence-electron chi connectivity index (χ2n) is 6.53. The van der Waals surface area contributed by atoms with Gasteiger partial charge in [-0.25, -0.2) is 0 Å². The van der Waals surface area contributed by atoms with E-state index in [-0.39, 0.29) is 11.1 Å². The van der Waals surface area contributed by atoms with Gasteiger partial charge in [0.15, 0.2) is 0 Å². The molecule has 0 atom stereocenters. The summed E-state index contributed by atoms with van der Waals surface area (Å²) in [5.74, 6) is 0. The number of rotatable bonds is 5. The predicted octanol–water partition coefficient (Wildman–Crippen LogP) is 3.07. The fraction of sp³-hybridized carbons (Fsp3) is 0.733. The molecule has 0 aromatic carbocycles. The molecule has 0 spiro atoms. The van der Waals surface area contributed by atoms with Crippen molar-refractivity contribution in [3.8, 4) is 0 Å². The van der Waals surface area contributed by atoms with Gasteiger partial charge >= 0.3 is 0 Å². The second-order valence-corrected chi connectivity index (χ2v) is 6.53. The van der Waals surface area contributed by atoms with Gasteiger partial charge in [0.1, 0.15) is 0 Å². The van der Waals surface area contributed by atoms with Crippen LogP contribution in [0.1, 0.15) is 40.5 Å². The zero-order chi connectivity index (χ0) is 14.0. The quantitative estimate of drug-likeness (QED) is 0.762. The third kappa shape index (κ3) is 3.22. The fourth-order valence-electron chi connectivity index (χ4n) is 3.18. The minimum absolute atomic E-state index is 0.201. The molecule has 0 amide bonds. The summed E-state index contributed by atoms with van der Waals surface area (Å²) in [6.45, 7) is 17.8. The summed E-state index contributed by atoms with van der Waals surface area (Å²) in [6, 6.07) is 0.453.